The van der Waals surface area contributed by atoms with Crippen LogP contribution in [0.4, 0.5) is 5.69 Å². The molecule has 0 amide bonds. The van der Waals surface area contributed by atoms with Crippen molar-refractivity contribution in [2.24, 2.45) is 0 Å². The van der Waals surface area contributed by atoms with Gasteiger partial charge in [-0.2, -0.15) is 0 Å². The highest BCUT2D eigenvalue weighted by atomic mass is 35.5. The van der Waals surface area contributed by atoms with Crippen LogP contribution < -0.4 is 10.5 Å². The zero-order valence-electron chi connectivity index (χ0n) is 7.12. The maximum atomic E-state index is 5.55. The normalized spacial score (nSPS) is 8.75. The van der Waals surface area contributed by atoms with Gasteiger partial charge in [-0.3, -0.25) is 0 Å². The van der Waals surface area contributed by atoms with Gasteiger partial charge in [0.05, 0.1) is 6.61 Å². The molecule has 1 rings (SSSR count). The third-order valence-corrected chi connectivity index (χ3v) is 1.33. The first-order valence-corrected chi connectivity index (χ1v) is 3.81. The fraction of sp³-hybridized carbons (Fsp3) is 0.333. The summed E-state index contributed by atoms with van der Waals surface area (Å²) in [6.45, 7) is 2.83. The number of rotatable bonds is 3. The maximum Gasteiger partial charge on any atom is 0.121 e. The van der Waals surface area contributed by atoms with Crippen LogP contribution in [0.1, 0.15) is 13.3 Å². The second kappa shape index (κ2) is 5.72. The van der Waals surface area contributed by atoms with E-state index in [0.717, 1.165) is 24.5 Å². The summed E-state index contributed by atoms with van der Waals surface area (Å²) < 4.78 is 5.36. The zero-order valence-corrected chi connectivity index (χ0v) is 7.93. The Morgan fingerprint density at radius 1 is 1.42 bits per heavy atom. The van der Waals surface area contributed by atoms with E-state index in [1.54, 1.807) is 0 Å². The van der Waals surface area contributed by atoms with E-state index >= 15 is 0 Å². The zero-order chi connectivity index (χ0) is 8.10. The van der Waals surface area contributed by atoms with Crippen LogP contribution in [-0.2, 0) is 0 Å². The Balaban J connectivity index is 0.00000121. The average molecular weight is 188 g/mol. The summed E-state index contributed by atoms with van der Waals surface area (Å²) in [5.74, 6) is 0.854. The molecule has 0 fully saturated rings. The Kier molecular flexibility index (Phi) is 5.30. The molecule has 1 aromatic rings. The van der Waals surface area contributed by atoms with Gasteiger partial charge in [-0.1, -0.05) is 13.0 Å². The fourth-order valence-corrected chi connectivity index (χ4v) is 0.824. The molecule has 0 spiro atoms. The van der Waals surface area contributed by atoms with Crippen LogP contribution in [0.3, 0.4) is 0 Å². The summed E-state index contributed by atoms with van der Waals surface area (Å²) in [4.78, 5) is 0. The van der Waals surface area contributed by atoms with Gasteiger partial charge in [0.2, 0.25) is 0 Å². The largest absolute Gasteiger partial charge is 0.494 e. The molecule has 1 aromatic carbocycles. The molecule has 3 heteroatoms. The molecule has 0 atom stereocenters. The van der Waals surface area contributed by atoms with Crippen molar-refractivity contribution in [3.8, 4) is 5.75 Å². The highest BCUT2D eigenvalue weighted by Gasteiger charge is 1.91. The standard InChI is InChI=1S/C9H13NO.ClH/c1-2-6-11-9-5-3-4-8(10)7-9;/h3-5,7H,2,6,10H2,1H3;1H. The SMILES string of the molecule is CCCOc1cccc(N)c1.Cl. The molecule has 0 aliphatic heterocycles. The van der Waals surface area contributed by atoms with Gasteiger partial charge in [-0.25, -0.2) is 0 Å². The molecule has 2 N–H and O–H groups in total. The van der Waals surface area contributed by atoms with Crippen LogP contribution in [0, 0.1) is 0 Å². The first kappa shape index (κ1) is 11.1. The summed E-state index contributed by atoms with van der Waals surface area (Å²) in [6.07, 6.45) is 1.02. The van der Waals surface area contributed by atoms with Crippen molar-refractivity contribution in [3.05, 3.63) is 24.3 Å². The Bertz CT molecular complexity index is 228. The molecule has 0 saturated heterocycles. The predicted molar refractivity (Wildman–Crippen MR) is 53.9 cm³/mol. The van der Waals surface area contributed by atoms with Gasteiger partial charge >= 0.3 is 0 Å². The van der Waals surface area contributed by atoms with Gasteiger partial charge in [0.1, 0.15) is 5.75 Å². The molecule has 2 nitrogen and oxygen atoms in total. The van der Waals surface area contributed by atoms with E-state index in [1.807, 2.05) is 24.3 Å². The number of nitrogen functional groups attached to an aromatic ring is 1. The van der Waals surface area contributed by atoms with E-state index in [9.17, 15) is 0 Å². The van der Waals surface area contributed by atoms with Crippen molar-refractivity contribution < 1.29 is 4.74 Å². The molecular weight excluding hydrogens is 174 g/mol. The van der Waals surface area contributed by atoms with Crippen molar-refractivity contribution in [2.75, 3.05) is 12.3 Å². The number of anilines is 1. The summed E-state index contributed by atoms with van der Waals surface area (Å²) in [6, 6.07) is 7.47. The number of hydrogen-bond acceptors (Lipinski definition) is 2. The summed E-state index contributed by atoms with van der Waals surface area (Å²) >= 11 is 0. The molecule has 0 unspecified atom stereocenters. The van der Waals surface area contributed by atoms with E-state index in [4.69, 9.17) is 10.5 Å². The minimum absolute atomic E-state index is 0. The van der Waals surface area contributed by atoms with Gasteiger partial charge < -0.3 is 10.5 Å². The lowest BCUT2D eigenvalue weighted by Crippen LogP contribution is -1.95. The summed E-state index contributed by atoms with van der Waals surface area (Å²) in [7, 11) is 0. The van der Waals surface area contributed by atoms with Gasteiger partial charge in [0.25, 0.3) is 0 Å². The average Bonchev–Trinajstić information content (AvgIpc) is 2.01. The number of ether oxygens (including phenoxy) is 1. The molecule has 0 aliphatic carbocycles. The molecule has 0 aliphatic rings. The van der Waals surface area contributed by atoms with Gasteiger partial charge in [0.15, 0.2) is 0 Å². The lowest BCUT2D eigenvalue weighted by Gasteiger charge is -2.03. The highest BCUT2D eigenvalue weighted by molar-refractivity contribution is 5.85. The second-order valence-electron chi connectivity index (χ2n) is 2.42. The third kappa shape index (κ3) is 3.49. The van der Waals surface area contributed by atoms with Crippen LogP contribution in [0.5, 0.6) is 5.75 Å². The third-order valence-electron chi connectivity index (χ3n) is 1.33. The topological polar surface area (TPSA) is 35.2 Å². The lowest BCUT2D eigenvalue weighted by molar-refractivity contribution is 0.317. The van der Waals surface area contributed by atoms with Crippen LogP contribution in [0.2, 0.25) is 0 Å². The van der Waals surface area contributed by atoms with Gasteiger partial charge in [-0.05, 0) is 18.6 Å². The molecule has 0 aromatic heterocycles. The first-order valence-electron chi connectivity index (χ1n) is 3.81. The Morgan fingerprint density at radius 2 is 2.17 bits per heavy atom. The van der Waals surface area contributed by atoms with E-state index in [2.05, 4.69) is 6.92 Å². The van der Waals surface area contributed by atoms with Crippen molar-refractivity contribution in [1.29, 1.82) is 0 Å². The van der Waals surface area contributed by atoms with Crippen molar-refractivity contribution >= 4 is 18.1 Å². The Hall–Kier alpha value is -0.890. The Morgan fingerprint density at radius 3 is 2.75 bits per heavy atom. The molecular formula is C9H14ClNO. The Labute approximate surface area is 79.1 Å². The molecule has 0 radical (unpaired) electrons. The number of benzene rings is 1. The summed E-state index contributed by atoms with van der Waals surface area (Å²) in [5.41, 5.74) is 6.30. The monoisotopic (exact) mass is 187 g/mol. The van der Waals surface area contributed by atoms with E-state index in [0.29, 0.717) is 0 Å². The number of nitrogens with two attached hydrogens (primary N) is 1. The van der Waals surface area contributed by atoms with Crippen molar-refractivity contribution in [1.82, 2.24) is 0 Å². The summed E-state index contributed by atoms with van der Waals surface area (Å²) in [5, 5.41) is 0. The first-order chi connectivity index (χ1) is 5.33. The van der Waals surface area contributed by atoms with Crippen LogP contribution >= 0.6 is 12.4 Å². The maximum absolute atomic E-state index is 5.55. The van der Waals surface area contributed by atoms with Crippen LogP contribution in [0.25, 0.3) is 0 Å². The minimum atomic E-state index is 0. The van der Waals surface area contributed by atoms with Crippen molar-refractivity contribution in [3.63, 3.8) is 0 Å². The second-order valence-corrected chi connectivity index (χ2v) is 2.42. The smallest absolute Gasteiger partial charge is 0.121 e. The van der Waals surface area contributed by atoms with Crippen molar-refractivity contribution in [2.45, 2.75) is 13.3 Å². The van der Waals surface area contributed by atoms with Crippen LogP contribution in [-0.4, -0.2) is 6.61 Å². The van der Waals surface area contributed by atoms with Crippen LogP contribution in [0.15, 0.2) is 24.3 Å². The lowest BCUT2D eigenvalue weighted by atomic mass is 10.3. The number of halogens is 1. The molecule has 12 heavy (non-hydrogen) atoms. The quantitative estimate of drug-likeness (QED) is 0.738. The fourth-order valence-electron chi connectivity index (χ4n) is 0.824. The molecule has 0 bridgehead atoms. The van der Waals surface area contributed by atoms with E-state index < -0.39 is 0 Å². The van der Waals surface area contributed by atoms with Gasteiger partial charge in [-0.15, -0.1) is 12.4 Å². The highest BCUT2D eigenvalue weighted by Crippen LogP contribution is 2.14. The molecule has 68 valence electrons. The van der Waals surface area contributed by atoms with Gasteiger partial charge in [0, 0.05) is 11.8 Å². The van der Waals surface area contributed by atoms with E-state index in [-0.39, 0.29) is 12.4 Å². The number of hydrogen-bond donors (Lipinski definition) is 1. The molecule has 0 saturated carbocycles. The minimum Gasteiger partial charge on any atom is -0.494 e. The molecule has 0 heterocycles. The van der Waals surface area contributed by atoms with E-state index in [1.165, 1.54) is 0 Å². The predicted octanol–water partition coefficient (Wildman–Crippen LogP) is 2.48.